The van der Waals surface area contributed by atoms with Gasteiger partial charge in [-0.05, 0) is 38.2 Å². The molecule has 2 aliphatic rings. The van der Waals surface area contributed by atoms with E-state index in [1.165, 1.54) is 25.7 Å². The Morgan fingerprint density at radius 2 is 1.62 bits per heavy atom. The number of carbonyl (C=O) groups is 2. The number of hydrogen-bond acceptors (Lipinski definition) is 2. The Hall–Kier alpha value is -1.84. The largest absolute Gasteiger partial charge is 0.352 e. The second-order valence-electron chi connectivity index (χ2n) is 7.35. The summed E-state index contributed by atoms with van der Waals surface area (Å²) in [5, 5.41) is 6.19. The van der Waals surface area contributed by atoms with E-state index in [0.29, 0.717) is 12.8 Å². The second-order valence-corrected chi connectivity index (χ2v) is 7.35. The van der Waals surface area contributed by atoms with Gasteiger partial charge in [-0.3, -0.25) is 9.59 Å². The zero-order valence-corrected chi connectivity index (χ0v) is 14.5. The SMILES string of the molecule is CC(NC(=O)C1(C(=O)NC2CCCCCC2)CC1)c1ccccc1. The van der Waals surface area contributed by atoms with Crippen molar-refractivity contribution in [3.63, 3.8) is 0 Å². The summed E-state index contributed by atoms with van der Waals surface area (Å²) in [6.07, 6.45) is 8.29. The Labute approximate surface area is 144 Å². The van der Waals surface area contributed by atoms with Gasteiger partial charge in [0.2, 0.25) is 11.8 Å². The van der Waals surface area contributed by atoms with E-state index >= 15 is 0 Å². The molecule has 2 N–H and O–H groups in total. The van der Waals surface area contributed by atoms with Gasteiger partial charge in [0.25, 0.3) is 0 Å². The van der Waals surface area contributed by atoms with Crippen molar-refractivity contribution in [1.82, 2.24) is 10.6 Å². The lowest BCUT2D eigenvalue weighted by atomic mass is 10.0. The maximum absolute atomic E-state index is 12.7. The molecular weight excluding hydrogens is 300 g/mol. The van der Waals surface area contributed by atoms with Crippen LogP contribution in [0.5, 0.6) is 0 Å². The van der Waals surface area contributed by atoms with Gasteiger partial charge in [-0.1, -0.05) is 56.0 Å². The van der Waals surface area contributed by atoms with E-state index in [1.807, 2.05) is 37.3 Å². The van der Waals surface area contributed by atoms with Crippen LogP contribution in [-0.4, -0.2) is 17.9 Å². The second kappa shape index (κ2) is 7.37. The lowest BCUT2D eigenvalue weighted by Gasteiger charge is -2.23. The van der Waals surface area contributed by atoms with Crippen LogP contribution in [0.15, 0.2) is 30.3 Å². The number of benzene rings is 1. The number of amides is 2. The molecule has 2 saturated carbocycles. The van der Waals surface area contributed by atoms with Gasteiger partial charge < -0.3 is 10.6 Å². The molecule has 0 aromatic heterocycles. The summed E-state index contributed by atoms with van der Waals surface area (Å²) in [4.78, 5) is 25.4. The van der Waals surface area contributed by atoms with E-state index < -0.39 is 5.41 Å². The summed E-state index contributed by atoms with van der Waals surface area (Å²) in [6, 6.07) is 10.0. The van der Waals surface area contributed by atoms with Crippen molar-refractivity contribution >= 4 is 11.8 Å². The zero-order chi connectivity index (χ0) is 17.0. The maximum atomic E-state index is 12.7. The molecule has 2 amide bonds. The third kappa shape index (κ3) is 3.80. The van der Waals surface area contributed by atoms with E-state index in [2.05, 4.69) is 10.6 Å². The first kappa shape index (κ1) is 17.0. The molecule has 4 nitrogen and oxygen atoms in total. The van der Waals surface area contributed by atoms with Gasteiger partial charge in [0.05, 0.1) is 6.04 Å². The van der Waals surface area contributed by atoms with Gasteiger partial charge in [-0.2, -0.15) is 0 Å². The average molecular weight is 328 g/mol. The Morgan fingerprint density at radius 1 is 1.00 bits per heavy atom. The van der Waals surface area contributed by atoms with Crippen LogP contribution in [0, 0.1) is 5.41 Å². The van der Waals surface area contributed by atoms with Crippen molar-refractivity contribution in [2.24, 2.45) is 5.41 Å². The van der Waals surface area contributed by atoms with E-state index in [1.54, 1.807) is 0 Å². The van der Waals surface area contributed by atoms with Gasteiger partial charge in [0.15, 0.2) is 0 Å². The van der Waals surface area contributed by atoms with Crippen LogP contribution >= 0.6 is 0 Å². The van der Waals surface area contributed by atoms with Crippen LogP contribution in [0.4, 0.5) is 0 Å². The minimum atomic E-state index is -0.824. The summed E-state index contributed by atoms with van der Waals surface area (Å²) < 4.78 is 0. The number of hydrogen-bond donors (Lipinski definition) is 2. The zero-order valence-electron chi connectivity index (χ0n) is 14.5. The third-order valence-electron chi connectivity index (χ3n) is 5.46. The molecule has 0 aliphatic heterocycles. The van der Waals surface area contributed by atoms with Gasteiger partial charge in [-0.25, -0.2) is 0 Å². The Morgan fingerprint density at radius 3 is 2.21 bits per heavy atom. The predicted molar refractivity (Wildman–Crippen MR) is 94.3 cm³/mol. The van der Waals surface area contributed by atoms with Crippen LogP contribution in [0.3, 0.4) is 0 Å². The smallest absolute Gasteiger partial charge is 0.236 e. The number of nitrogens with one attached hydrogen (secondary N) is 2. The minimum Gasteiger partial charge on any atom is -0.352 e. The molecule has 0 spiro atoms. The van der Waals surface area contributed by atoms with Crippen LogP contribution in [0.1, 0.15) is 69.9 Å². The van der Waals surface area contributed by atoms with Crippen molar-refractivity contribution in [3.05, 3.63) is 35.9 Å². The van der Waals surface area contributed by atoms with E-state index in [9.17, 15) is 9.59 Å². The molecule has 1 atom stereocenters. The van der Waals surface area contributed by atoms with Crippen molar-refractivity contribution in [3.8, 4) is 0 Å². The van der Waals surface area contributed by atoms with Crippen molar-refractivity contribution < 1.29 is 9.59 Å². The Kier molecular flexibility index (Phi) is 5.22. The van der Waals surface area contributed by atoms with E-state index in [0.717, 1.165) is 18.4 Å². The molecule has 4 heteroatoms. The molecule has 0 bridgehead atoms. The lowest BCUT2D eigenvalue weighted by Crippen LogP contribution is -2.46. The fraction of sp³-hybridized carbons (Fsp3) is 0.600. The quantitative estimate of drug-likeness (QED) is 0.642. The Balaban J connectivity index is 1.58. The molecule has 130 valence electrons. The van der Waals surface area contributed by atoms with Crippen LogP contribution in [0.2, 0.25) is 0 Å². The van der Waals surface area contributed by atoms with Crippen LogP contribution in [0.25, 0.3) is 0 Å². The van der Waals surface area contributed by atoms with Crippen molar-refractivity contribution in [1.29, 1.82) is 0 Å². The van der Waals surface area contributed by atoms with Crippen LogP contribution in [-0.2, 0) is 9.59 Å². The van der Waals surface area contributed by atoms with E-state index in [-0.39, 0.29) is 23.9 Å². The summed E-state index contributed by atoms with van der Waals surface area (Å²) in [5.74, 6) is -0.183. The summed E-state index contributed by atoms with van der Waals surface area (Å²) in [5.41, 5.74) is 0.237. The molecule has 3 rings (SSSR count). The topological polar surface area (TPSA) is 58.2 Å². The van der Waals surface area contributed by atoms with Crippen LogP contribution < -0.4 is 10.6 Å². The first-order chi connectivity index (χ1) is 11.6. The molecule has 0 heterocycles. The molecule has 1 unspecified atom stereocenters. The fourth-order valence-corrected chi connectivity index (χ4v) is 3.59. The highest BCUT2D eigenvalue weighted by atomic mass is 16.2. The molecular formula is C20H28N2O2. The fourth-order valence-electron chi connectivity index (χ4n) is 3.59. The standard InChI is InChI=1S/C20H28N2O2/c1-15(16-9-5-4-6-10-16)21-18(23)20(13-14-20)19(24)22-17-11-7-2-3-8-12-17/h4-6,9-10,15,17H,2-3,7-8,11-14H2,1H3,(H,21,23)(H,22,24). The molecule has 1 aromatic carbocycles. The normalized spacial score (nSPS) is 21.4. The third-order valence-corrected chi connectivity index (χ3v) is 5.46. The van der Waals surface area contributed by atoms with E-state index in [4.69, 9.17) is 0 Å². The highest BCUT2D eigenvalue weighted by Gasteiger charge is 2.56. The molecule has 0 saturated heterocycles. The monoisotopic (exact) mass is 328 g/mol. The van der Waals surface area contributed by atoms with Gasteiger partial charge in [0, 0.05) is 6.04 Å². The molecule has 24 heavy (non-hydrogen) atoms. The van der Waals surface area contributed by atoms with Gasteiger partial charge >= 0.3 is 0 Å². The number of rotatable bonds is 5. The number of carbonyl (C=O) groups excluding carboxylic acids is 2. The summed E-state index contributed by atoms with van der Waals surface area (Å²) in [7, 11) is 0. The van der Waals surface area contributed by atoms with Gasteiger partial charge in [-0.15, -0.1) is 0 Å². The average Bonchev–Trinajstić information content (AvgIpc) is 3.41. The first-order valence-electron chi connectivity index (χ1n) is 9.29. The lowest BCUT2D eigenvalue weighted by molar-refractivity contribution is -0.138. The molecule has 2 aliphatic carbocycles. The molecule has 0 radical (unpaired) electrons. The van der Waals surface area contributed by atoms with Crippen molar-refractivity contribution in [2.75, 3.05) is 0 Å². The maximum Gasteiger partial charge on any atom is 0.236 e. The van der Waals surface area contributed by atoms with Gasteiger partial charge in [0.1, 0.15) is 5.41 Å². The molecule has 1 aromatic rings. The van der Waals surface area contributed by atoms with Crippen molar-refractivity contribution in [2.45, 2.75) is 70.4 Å². The summed E-state index contributed by atoms with van der Waals surface area (Å²) >= 11 is 0. The molecule has 2 fully saturated rings. The highest BCUT2D eigenvalue weighted by Crippen LogP contribution is 2.46. The minimum absolute atomic E-state index is 0.0628. The predicted octanol–water partition coefficient (Wildman–Crippen LogP) is 3.48. The Bertz CT molecular complexity index is 573. The first-order valence-corrected chi connectivity index (χ1v) is 9.29. The summed E-state index contributed by atoms with van der Waals surface area (Å²) in [6.45, 7) is 1.96. The highest BCUT2D eigenvalue weighted by molar-refractivity contribution is 6.08.